The molecule has 3 rings (SSSR count). The lowest BCUT2D eigenvalue weighted by atomic mass is 10.0. The molecule has 1 aliphatic rings. The van der Waals surface area contributed by atoms with Gasteiger partial charge in [0.15, 0.2) is 5.82 Å². The zero-order valence-corrected chi connectivity index (χ0v) is 10.3. The monoisotopic (exact) mass is 294 g/mol. The molecular formula is C12H7F3N5O. The number of hydrogen-bond donors (Lipinski definition) is 2. The van der Waals surface area contributed by atoms with Gasteiger partial charge in [0.2, 0.25) is 0 Å². The molecular weight excluding hydrogens is 287 g/mol. The molecule has 21 heavy (non-hydrogen) atoms. The molecule has 0 bridgehead atoms. The summed E-state index contributed by atoms with van der Waals surface area (Å²) in [6.45, 7) is 0. The second kappa shape index (κ2) is 4.33. The molecule has 3 N–H and O–H groups in total. The number of aromatic nitrogens is 2. The number of nitrogen functional groups attached to an aromatic ring is 1. The number of nitrogens with zero attached hydrogens (tertiary/aromatic N) is 4. The molecule has 0 aliphatic carbocycles. The summed E-state index contributed by atoms with van der Waals surface area (Å²) in [6.07, 6.45) is -3.41. The average molecular weight is 294 g/mol. The quantitative estimate of drug-likeness (QED) is 0.837. The highest BCUT2D eigenvalue weighted by atomic mass is 19.4. The van der Waals surface area contributed by atoms with Crippen LogP contribution in [0, 0.1) is 0 Å². The lowest BCUT2D eigenvalue weighted by Gasteiger charge is -2.10. The van der Waals surface area contributed by atoms with Gasteiger partial charge in [0.1, 0.15) is 23.6 Å². The fraction of sp³-hybridized carbons (Fsp3) is 0.0833. The smallest absolute Gasteiger partial charge is 0.416 e. The largest absolute Gasteiger partial charge is 0.508 e. The molecule has 0 atom stereocenters. The first-order chi connectivity index (χ1) is 9.86. The Kier molecular flexibility index (Phi) is 2.71. The van der Waals surface area contributed by atoms with E-state index in [4.69, 9.17) is 5.73 Å². The van der Waals surface area contributed by atoms with E-state index in [1.165, 1.54) is 6.33 Å². The molecule has 1 aromatic heterocycles. The summed E-state index contributed by atoms with van der Waals surface area (Å²) in [6, 6.07) is 2.63. The summed E-state index contributed by atoms with van der Waals surface area (Å²) in [4.78, 5) is 7.59. The summed E-state index contributed by atoms with van der Waals surface area (Å²) in [5, 5.41) is 13.3. The molecule has 1 aliphatic heterocycles. The van der Waals surface area contributed by atoms with E-state index >= 15 is 0 Å². The average Bonchev–Trinajstić information content (AvgIpc) is 2.82. The van der Waals surface area contributed by atoms with Crippen molar-refractivity contribution in [1.82, 2.24) is 15.4 Å². The van der Waals surface area contributed by atoms with Crippen LogP contribution >= 0.6 is 0 Å². The van der Waals surface area contributed by atoms with Crippen LogP contribution in [0.1, 0.15) is 16.7 Å². The molecule has 107 valence electrons. The first-order valence-electron chi connectivity index (χ1n) is 5.67. The van der Waals surface area contributed by atoms with Crippen molar-refractivity contribution in [3.8, 4) is 5.75 Å². The molecule has 0 amide bonds. The summed E-state index contributed by atoms with van der Waals surface area (Å²) in [7, 11) is 0. The van der Waals surface area contributed by atoms with E-state index in [9.17, 15) is 18.3 Å². The predicted octanol–water partition coefficient (Wildman–Crippen LogP) is 1.79. The van der Waals surface area contributed by atoms with Gasteiger partial charge in [-0.15, -0.1) is 10.5 Å². The minimum Gasteiger partial charge on any atom is -0.508 e. The van der Waals surface area contributed by atoms with E-state index in [1.54, 1.807) is 0 Å². The Bertz CT molecular complexity index is 757. The zero-order chi connectivity index (χ0) is 15.2. The van der Waals surface area contributed by atoms with E-state index in [-0.39, 0.29) is 28.5 Å². The molecule has 0 spiro atoms. The van der Waals surface area contributed by atoms with Crippen molar-refractivity contribution in [2.45, 2.75) is 6.18 Å². The van der Waals surface area contributed by atoms with Crippen molar-refractivity contribution in [2.75, 3.05) is 5.73 Å². The number of phenolic OH excluding ortho intramolecular Hbond substituents is 1. The number of benzene rings is 1. The lowest BCUT2D eigenvalue weighted by molar-refractivity contribution is -0.137. The van der Waals surface area contributed by atoms with Crippen LogP contribution in [0.5, 0.6) is 5.75 Å². The number of anilines is 1. The van der Waals surface area contributed by atoms with Crippen molar-refractivity contribution < 1.29 is 18.3 Å². The first kappa shape index (κ1) is 13.2. The molecule has 2 aromatic rings. The number of nitrogens with two attached hydrogens (primary N) is 1. The summed E-state index contributed by atoms with van der Waals surface area (Å²) < 4.78 is 38.4. The Morgan fingerprint density at radius 1 is 1.10 bits per heavy atom. The third kappa shape index (κ3) is 2.22. The number of halogens is 3. The lowest BCUT2D eigenvalue weighted by Crippen LogP contribution is -2.10. The fourth-order valence-electron chi connectivity index (χ4n) is 1.95. The van der Waals surface area contributed by atoms with Crippen LogP contribution in [0.15, 0.2) is 29.6 Å². The number of phenols is 1. The van der Waals surface area contributed by atoms with Crippen molar-refractivity contribution >= 4 is 17.3 Å². The number of rotatable bonds is 1. The van der Waals surface area contributed by atoms with Gasteiger partial charge in [-0.2, -0.15) is 13.2 Å². The van der Waals surface area contributed by atoms with E-state index < -0.39 is 17.5 Å². The van der Waals surface area contributed by atoms with Crippen LogP contribution in [-0.4, -0.2) is 20.8 Å². The van der Waals surface area contributed by atoms with Crippen LogP contribution in [0.25, 0.3) is 0 Å². The number of aromatic hydroxyl groups is 1. The summed E-state index contributed by atoms with van der Waals surface area (Å²) >= 11 is 0. The van der Waals surface area contributed by atoms with Gasteiger partial charge in [-0.3, -0.25) is 0 Å². The van der Waals surface area contributed by atoms with Crippen LogP contribution < -0.4 is 11.2 Å². The maximum atomic E-state index is 12.8. The Morgan fingerprint density at radius 3 is 2.57 bits per heavy atom. The Hall–Kier alpha value is -2.84. The van der Waals surface area contributed by atoms with Crippen LogP contribution in [0.4, 0.5) is 24.8 Å². The van der Waals surface area contributed by atoms with Gasteiger partial charge in [0.25, 0.3) is 0 Å². The van der Waals surface area contributed by atoms with Crippen LogP contribution in [-0.2, 0) is 6.18 Å². The predicted molar refractivity (Wildman–Crippen MR) is 67.0 cm³/mol. The standard InChI is InChI=1S/C12H7F3N5O/c13-12(14,15)6-1-5(2-7(21)3-6)9-8-10(16)17-4-18-11(8)20-19-9/h1-4,21H,(H2,16,17,18). The molecule has 1 aromatic carbocycles. The first-order valence-corrected chi connectivity index (χ1v) is 5.67. The summed E-state index contributed by atoms with van der Waals surface area (Å²) in [5.41, 5.74) is 8.79. The van der Waals surface area contributed by atoms with E-state index in [0.29, 0.717) is 6.07 Å². The maximum Gasteiger partial charge on any atom is 0.416 e. The molecule has 1 radical (unpaired) electrons. The van der Waals surface area contributed by atoms with E-state index in [0.717, 1.165) is 12.1 Å². The van der Waals surface area contributed by atoms with Gasteiger partial charge < -0.3 is 10.8 Å². The molecule has 2 heterocycles. The number of alkyl halides is 3. The van der Waals surface area contributed by atoms with Gasteiger partial charge in [0.05, 0.1) is 11.1 Å². The van der Waals surface area contributed by atoms with Gasteiger partial charge in [-0.25, -0.2) is 9.97 Å². The Balaban J connectivity index is 2.15. The highest BCUT2D eigenvalue weighted by molar-refractivity contribution is 6.19. The minimum atomic E-state index is -4.59. The van der Waals surface area contributed by atoms with Crippen LogP contribution in [0.3, 0.4) is 0 Å². The molecule has 0 saturated carbocycles. The fourth-order valence-corrected chi connectivity index (χ4v) is 1.95. The summed E-state index contributed by atoms with van der Waals surface area (Å²) in [5.74, 6) is -0.308. The number of hydrogen-bond acceptors (Lipinski definition) is 5. The Labute approximate surface area is 116 Å². The van der Waals surface area contributed by atoms with Gasteiger partial charge in [0, 0.05) is 5.56 Å². The second-order valence-corrected chi connectivity index (χ2v) is 4.27. The third-order valence-electron chi connectivity index (χ3n) is 2.86. The normalized spacial score (nSPS) is 13.6. The van der Waals surface area contributed by atoms with Gasteiger partial charge in [-0.05, 0) is 18.2 Å². The molecule has 0 fully saturated rings. The van der Waals surface area contributed by atoms with E-state index in [1.807, 2.05) is 0 Å². The van der Waals surface area contributed by atoms with E-state index in [2.05, 4.69) is 20.5 Å². The molecule has 6 nitrogen and oxygen atoms in total. The Morgan fingerprint density at radius 2 is 1.86 bits per heavy atom. The number of fused-ring (bicyclic) bond motifs is 1. The molecule has 0 unspecified atom stereocenters. The van der Waals surface area contributed by atoms with Crippen molar-refractivity contribution in [3.63, 3.8) is 0 Å². The SMILES string of the molecule is Nc1ncnc2c1C(c1cc(O)cc(C(F)(F)F)c1)=N[N]2. The highest BCUT2D eigenvalue weighted by Crippen LogP contribution is 2.34. The zero-order valence-electron chi connectivity index (χ0n) is 10.3. The second-order valence-electron chi connectivity index (χ2n) is 4.27. The highest BCUT2D eigenvalue weighted by Gasteiger charge is 2.33. The maximum absolute atomic E-state index is 12.8. The van der Waals surface area contributed by atoms with Crippen molar-refractivity contribution in [1.29, 1.82) is 0 Å². The van der Waals surface area contributed by atoms with Gasteiger partial charge in [-0.1, -0.05) is 0 Å². The third-order valence-corrected chi connectivity index (χ3v) is 2.86. The van der Waals surface area contributed by atoms with Crippen LogP contribution in [0.2, 0.25) is 0 Å². The van der Waals surface area contributed by atoms with Gasteiger partial charge >= 0.3 is 6.18 Å². The topological polar surface area (TPSA) is 98.5 Å². The minimum absolute atomic E-state index is 0.0336. The molecule has 0 saturated heterocycles. The van der Waals surface area contributed by atoms with Crippen molar-refractivity contribution in [2.24, 2.45) is 5.10 Å². The van der Waals surface area contributed by atoms with Crippen molar-refractivity contribution in [3.05, 3.63) is 41.2 Å². The molecule has 9 heteroatoms.